The zero-order valence-electron chi connectivity index (χ0n) is 14.0. The molecule has 1 aromatic heterocycles. The molecule has 1 saturated heterocycles. The van der Waals surface area contributed by atoms with E-state index in [4.69, 9.17) is 16.3 Å². The Bertz CT molecular complexity index is 723. The molecule has 3 rings (SSSR count). The van der Waals surface area contributed by atoms with Gasteiger partial charge >= 0.3 is 0 Å². The quantitative estimate of drug-likeness (QED) is 0.856. The third-order valence-electron chi connectivity index (χ3n) is 4.19. The first kappa shape index (κ1) is 17.7. The lowest BCUT2D eigenvalue weighted by Crippen LogP contribution is -2.48. The van der Waals surface area contributed by atoms with Crippen molar-refractivity contribution in [2.45, 2.75) is 6.04 Å². The molecular formula is C18H21ClN4O2. The molecule has 0 radical (unpaired) electrons. The molecule has 25 heavy (non-hydrogen) atoms. The summed E-state index contributed by atoms with van der Waals surface area (Å²) in [5.74, 6) is 1.23. The number of anilines is 1. The van der Waals surface area contributed by atoms with Crippen LogP contribution in [-0.4, -0.2) is 49.1 Å². The summed E-state index contributed by atoms with van der Waals surface area (Å²) in [4.78, 5) is 18.7. The minimum atomic E-state index is -0.100. The molecule has 1 unspecified atom stereocenters. The van der Waals surface area contributed by atoms with E-state index in [9.17, 15) is 4.79 Å². The Kier molecular flexibility index (Phi) is 5.86. The van der Waals surface area contributed by atoms with E-state index >= 15 is 0 Å². The van der Waals surface area contributed by atoms with Crippen LogP contribution in [-0.2, 0) is 4.79 Å². The van der Waals surface area contributed by atoms with Gasteiger partial charge in [0.2, 0.25) is 5.91 Å². The number of amides is 1. The Morgan fingerprint density at radius 3 is 3.00 bits per heavy atom. The van der Waals surface area contributed by atoms with Crippen LogP contribution in [0.25, 0.3) is 0 Å². The number of nitrogens with one attached hydrogen (secondary N) is 2. The number of aromatic nitrogens is 1. The average molecular weight is 361 g/mol. The third kappa shape index (κ3) is 4.48. The highest BCUT2D eigenvalue weighted by Gasteiger charge is 2.27. The van der Waals surface area contributed by atoms with E-state index in [0.29, 0.717) is 10.8 Å². The molecule has 1 aliphatic rings. The van der Waals surface area contributed by atoms with Crippen LogP contribution in [0.5, 0.6) is 5.75 Å². The van der Waals surface area contributed by atoms with Gasteiger partial charge in [-0.05, 0) is 18.2 Å². The second-order valence-corrected chi connectivity index (χ2v) is 6.28. The summed E-state index contributed by atoms with van der Waals surface area (Å²) in [6.45, 7) is 2.68. The Morgan fingerprint density at radius 1 is 1.40 bits per heavy atom. The van der Waals surface area contributed by atoms with E-state index in [-0.39, 0.29) is 18.5 Å². The Labute approximate surface area is 152 Å². The molecule has 0 spiro atoms. The molecule has 0 saturated carbocycles. The van der Waals surface area contributed by atoms with Crippen LogP contribution in [0.2, 0.25) is 5.02 Å². The van der Waals surface area contributed by atoms with Crippen molar-refractivity contribution in [3.8, 4) is 5.75 Å². The highest BCUT2D eigenvalue weighted by molar-refractivity contribution is 6.30. The first-order chi connectivity index (χ1) is 12.2. The molecule has 6 nitrogen and oxygen atoms in total. The third-order valence-corrected chi connectivity index (χ3v) is 4.42. The van der Waals surface area contributed by atoms with Crippen molar-refractivity contribution in [2.24, 2.45) is 0 Å². The topological polar surface area (TPSA) is 66.5 Å². The number of piperazine rings is 1. The fourth-order valence-electron chi connectivity index (χ4n) is 3.00. The molecule has 1 amide bonds. The highest BCUT2D eigenvalue weighted by atomic mass is 35.5. The van der Waals surface area contributed by atoms with E-state index in [0.717, 1.165) is 30.9 Å². The lowest BCUT2D eigenvalue weighted by molar-refractivity contribution is -0.118. The number of nitrogens with zero attached hydrogens (tertiary/aromatic N) is 2. The fourth-order valence-corrected chi connectivity index (χ4v) is 3.11. The molecule has 2 N–H and O–H groups in total. The lowest BCUT2D eigenvalue weighted by Gasteiger charge is -2.36. The molecule has 1 aromatic carbocycles. The molecule has 0 bridgehead atoms. The largest absolute Gasteiger partial charge is 0.496 e. The number of carbonyl (C=O) groups is 1. The molecule has 132 valence electrons. The van der Waals surface area contributed by atoms with Crippen LogP contribution in [0, 0.1) is 0 Å². The van der Waals surface area contributed by atoms with Gasteiger partial charge in [0.25, 0.3) is 0 Å². The molecular weight excluding hydrogens is 340 g/mol. The average Bonchev–Trinajstić information content (AvgIpc) is 2.64. The number of rotatable bonds is 5. The van der Waals surface area contributed by atoms with E-state index in [1.807, 2.05) is 24.3 Å². The zero-order chi connectivity index (χ0) is 17.6. The number of hydrogen-bond donors (Lipinski definition) is 2. The van der Waals surface area contributed by atoms with Crippen molar-refractivity contribution in [1.29, 1.82) is 0 Å². The minimum absolute atomic E-state index is 0.0776. The summed E-state index contributed by atoms with van der Waals surface area (Å²) in [5, 5.41) is 6.74. The maximum Gasteiger partial charge on any atom is 0.239 e. The summed E-state index contributed by atoms with van der Waals surface area (Å²) in [6, 6.07) is 11.4. The van der Waals surface area contributed by atoms with Gasteiger partial charge in [0.05, 0.1) is 24.7 Å². The smallest absolute Gasteiger partial charge is 0.239 e. The molecule has 1 atom stereocenters. The Morgan fingerprint density at radius 2 is 2.24 bits per heavy atom. The number of ether oxygens (including phenoxy) is 1. The lowest BCUT2D eigenvalue weighted by atomic mass is 10.0. The number of methoxy groups -OCH3 is 1. The highest BCUT2D eigenvalue weighted by Crippen LogP contribution is 2.29. The van der Waals surface area contributed by atoms with Crippen LogP contribution in [0.4, 0.5) is 5.82 Å². The summed E-state index contributed by atoms with van der Waals surface area (Å²) in [7, 11) is 1.67. The van der Waals surface area contributed by atoms with Crippen molar-refractivity contribution in [3.63, 3.8) is 0 Å². The van der Waals surface area contributed by atoms with Gasteiger partial charge in [0.1, 0.15) is 11.6 Å². The first-order valence-electron chi connectivity index (χ1n) is 8.16. The molecule has 7 heteroatoms. The molecule has 1 fully saturated rings. The van der Waals surface area contributed by atoms with Gasteiger partial charge in [0.15, 0.2) is 0 Å². The maximum atomic E-state index is 12.4. The summed E-state index contributed by atoms with van der Waals surface area (Å²) in [5.41, 5.74) is 1.08. The van der Waals surface area contributed by atoms with Crippen LogP contribution < -0.4 is 15.4 Å². The zero-order valence-corrected chi connectivity index (χ0v) is 14.8. The van der Waals surface area contributed by atoms with Gasteiger partial charge < -0.3 is 15.4 Å². The van der Waals surface area contributed by atoms with Gasteiger partial charge in [-0.25, -0.2) is 4.98 Å². The number of hydrogen-bond acceptors (Lipinski definition) is 5. The second kappa shape index (κ2) is 8.29. The number of para-hydroxylation sites is 1. The van der Waals surface area contributed by atoms with E-state index < -0.39 is 0 Å². The van der Waals surface area contributed by atoms with Crippen LogP contribution in [0.3, 0.4) is 0 Å². The van der Waals surface area contributed by atoms with Crippen LogP contribution in [0.15, 0.2) is 42.6 Å². The second-order valence-electron chi connectivity index (χ2n) is 5.84. The van der Waals surface area contributed by atoms with Crippen LogP contribution in [0.1, 0.15) is 11.6 Å². The van der Waals surface area contributed by atoms with Gasteiger partial charge in [-0.3, -0.25) is 9.69 Å². The molecule has 2 heterocycles. The van der Waals surface area contributed by atoms with Crippen molar-refractivity contribution in [3.05, 3.63) is 53.2 Å². The summed E-state index contributed by atoms with van der Waals surface area (Å²) in [6.07, 6.45) is 1.51. The van der Waals surface area contributed by atoms with Gasteiger partial charge in [0, 0.05) is 31.4 Å². The standard InChI is InChI=1S/C18H21ClN4O2/c1-25-16-5-3-2-4-14(16)15-11-20-8-9-23(15)12-18(24)22-17-7-6-13(19)10-21-17/h2-7,10,15,20H,8-9,11-12H2,1H3,(H,21,22,24). The van der Waals surface area contributed by atoms with Crippen LogP contribution >= 0.6 is 11.6 Å². The van der Waals surface area contributed by atoms with Crippen molar-refractivity contribution >= 4 is 23.3 Å². The van der Waals surface area contributed by atoms with Gasteiger partial charge in [-0.1, -0.05) is 29.8 Å². The number of halogens is 1. The van der Waals surface area contributed by atoms with Gasteiger partial charge in [-0.15, -0.1) is 0 Å². The summed E-state index contributed by atoms with van der Waals surface area (Å²) < 4.78 is 5.48. The van der Waals surface area contributed by atoms with Gasteiger partial charge in [-0.2, -0.15) is 0 Å². The molecule has 1 aliphatic heterocycles. The number of pyridine rings is 1. The van der Waals surface area contributed by atoms with E-state index in [2.05, 4.69) is 20.5 Å². The van der Waals surface area contributed by atoms with E-state index in [1.165, 1.54) is 6.20 Å². The SMILES string of the molecule is COc1ccccc1C1CNCCN1CC(=O)Nc1ccc(Cl)cn1. The molecule has 2 aromatic rings. The number of benzene rings is 1. The first-order valence-corrected chi connectivity index (χ1v) is 8.54. The monoisotopic (exact) mass is 360 g/mol. The van der Waals surface area contributed by atoms with Crippen molar-refractivity contribution in [2.75, 3.05) is 38.6 Å². The fraction of sp³-hybridized carbons (Fsp3) is 0.333. The Hall–Kier alpha value is -2.15. The Balaban J connectivity index is 1.70. The maximum absolute atomic E-state index is 12.4. The summed E-state index contributed by atoms with van der Waals surface area (Å²) >= 11 is 5.82. The molecule has 0 aliphatic carbocycles. The number of carbonyl (C=O) groups excluding carboxylic acids is 1. The minimum Gasteiger partial charge on any atom is -0.496 e. The predicted molar refractivity (Wildman–Crippen MR) is 98.1 cm³/mol. The van der Waals surface area contributed by atoms with Crippen molar-refractivity contribution < 1.29 is 9.53 Å². The van der Waals surface area contributed by atoms with E-state index in [1.54, 1.807) is 19.2 Å². The normalized spacial score (nSPS) is 17.9. The predicted octanol–water partition coefficient (Wildman–Crippen LogP) is 2.33. The van der Waals surface area contributed by atoms with Crippen molar-refractivity contribution in [1.82, 2.24) is 15.2 Å².